The van der Waals surface area contributed by atoms with Gasteiger partial charge in [-0.3, -0.25) is 0 Å². The van der Waals surface area contributed by atoms with Crippen LogP contribution in [0.1, 0.15) is 92.4 Å². The van der Waals surface area contributed by atoms with Crippen molar-refractivity contribution in [2.45, 2.75) is 141 Å². The lowest BCUT2D eigenvalue weighted by Crippen LogP contribution is -2.58. The molecule has 0 aromatic heterocycles. The maximum atomic E-state index is 10.5. The summed E-state index contributed by atoms with van der Waals surface area (Å²) in [4.78, 5) is 0. The lowest BCUT2D eigenvalue weighted by atomic mass is 9.47. The number of fused-ring (bicyclic) bond motifs is 7. The van der Waals surface area contributed by atoms with Crippen molar-refractivity contribution in [3.63, 3.8) is 0 Å². The zero-order chi connectivity index (χ0) is 28.2. The van der Waals surface area contributed by atoms with Crippen LogP contribution >= 0.6 is 0 Å². The molecular formula is C33H52O7. The minimum atomic E-state index is -1.26. The summed E-state index contributed by atoms with van der Waals surface area (Å²) < 4.78 is 25.5. The van der Waals surface area contributed by atoms with Crippen LogP contribution in [0.5, 0.6) is 0 Å². The molecule has 3 saturated carbocycles. The molecule has 7 rings (SSSR count). The van der Waals surface area contributed by atoms with Crippen LogP contribution in [-0.2, 0) is 18.9 Å². The van der Waals surface area contributed by atoms with E-state index in [-0.39, 0.29) is 17.3 Å². The molecule has 3 heterocycles. The molecule has 0 aromatic carbocycles. The van der Waals surface area contributed by atoms with Gasteiger partial charge in [0.25, 0.3) is 0 Å². The second kappa shape index (κ2) is 9.73. The number of hydrogen-bond donors (Lipinski definition) is 3. The van der Waals surface area contributed by atoms with Crippen LogP contribution < -0.4 is 0 Å². The Morgan fingerprint density at radius 3 is 2.48 bits per heavy atom. The van der Waals surface area contributed by atoms with Crippen molar-refractivity contribution in [3.05, 3.63) is 11.6 Å². The minimum absolute atomic E-state index is 0.0477. The van der Waals surface area contributed by atoms with Gasteiger partial charge in [-0.05, 0) is 98.7 Å². The molecule has 4 aliphatic carbocycles. The number of allylic oxidation sites excluding steroid dienone is 1. The third-order valence-corrected chi connectivity index (χ3v) is 13.5. The smallest absolute Gasteiger partial charge is 0.186 e. The largest absolute Gasteiger partial charge is 0.388 e. The first kappa shape index (κ1) is 28.2. The fourth-order valence-corrected chi connectivity index (χ4v) is 11.1. The molecule has 0 aromatic rings. The van der Waals surface area contributed by atoms with Gasteiger partial charge in [0.2, 0.25) is 0 Å². The van der Waals surface area contributed by atoms with Crippen molar-refractivity contribution >= 4 is 0 Å². The Morgan fingerprint density at radius 1 is 0.925 bits per heavy atom. The molecule has 0 radical (unpaired) electrons. The zero-order valence-corrected chi connectivity index (χ0v) is 25.1. The third kappa shape index (κ3) is 4.01. The molecule has 7 heteroatoms. The average Bonchev–Trinajstić information content (AvgIpc) is 3.37. The SMILES string of the molecule is CC1CCC2(OC1)OC1CC3C4CC=C5CC(OC6OC(C)C(O)C(O)C6O)CCC5(C)C4CCC3(C)C1C2C. The van der Waals surface area contributed by atoms with Crippen LogP contribution in [0.25, 0.3) is 0 Å². The van der Waals surface area contributed by atoms with E-state index in [0.717, 1.165) is 38.7 Å². The summed E-state index contributed by atoms with van der Waals surface area (Å²) >= 11 is 0. The first-order valence-corrected chi connectivity index (χ1v) is 16.3. The molecule has 1 spiro atoms. The Labute approximate surface area is 240 Å². The van der Waals surface area contributed by atoms with E-state index in [0.29, 0.717) is 47.0 Å². The van der Waals surface area contributed by atoms with Crippen LogP contribution in [0.3, 0.4) is 0 Å². The third-order valence-electron chi connectivity index (χ3n) is 13.5. The summed E-state index contributed by atoms with van der Waals surface area (Å²) in [6.07, 6.45) is 7.71. The van der Waals surface area contributed by atoms with E-state index >= 15 is 0 Å². The van der Waals surface area contributed by atoms with Gasteiger partial charge in [-0.2, -0.15) is 0 Å². The Bertz CT molecular complexity index is 1010. The van der Waals surface area contributed by atoms with Crippen molar-refractivity contribution in [1.29, 1.82) is 0 Å². The topological polar surface area (TPSA) is 97.6 Å². The van der Waals surface area contributed by atoms with Crippen molar-refractivity contribution in [2.24, 2.45) is 46.3 Å². The maximum Gasteiger partial charge on any atom is 0.186 e. The Kier molecular flexibility index (Phi) is 6.87. The fourth-order valence-electron chi connectivity index (χ4n) is 11.1. The minimum Gasteiger partial charge on any atom is -0.388 e. The molecule has 3 aliphatic heterocycles. The number of rotatable bonds is 2. The fraction of sp³-hybridized carbons (Fsp3) is 0.939. The second-order valence-corrected chi connectivity index (χ2v) is 15.5. The highest BCUT2D eigenvalue weighted by molar-refractivity contribution is 5.26. The highest BCUT2D eigenvalue weighted by Gasteiger charge is 2.68. The van der Waals surface area contributed by atoms with Gasteiger partial charge < -0.3 is 34.3 Å². The zero-order valence-electron chi connectivity index (χ0n) is 25.1. The molecule has 3 saturated heterocycles. The van der Waals surface area contributed by atoms with E-state index in [9.17, 15) is 15.3 Å². The van der Waals surface area contributed by atoms with Gasteiger partial charge in [0.1, 0.15) is 18.3 Å². The van der Waals surface area contributed by atoms with Gasteiger partial charge in [0.15, 0.2) is 12.1 Å². The van der Waals surface area contributed by atoms with Crippen LogP contribution in [0.15, 0.2) is 11.6 Å². The highest BCUT2D eigenvalue weighted by atomic mass is 16.7. The summed E-state index contributed by atoms with van der Waals surface area (Å²) in [7, 11) is 0. The van der Waals surface area contributed by atoms with Crippen molar-refractivity contribution in [1.82, 2.24) is 0 Å². The Hall–Kier alpha value is -0.540. The molecule has 7 nitrogen and oxygen atoms in total. The summed E-state index contributed by atoms with van der Waals surface area (Å²) in [6, 6.07) is 0. The van der Waals surface area contributed by atoms with Crippen LogP contribution in [0.4, 0.5) is 0 Å². The van der Waals surface area contributed by atoms with E-state index < -0.39 is 30.7 Å². The van der Waals surface area contributed by atoms with Crippen molar-refractivity contribution in [2.75, 3.05) is 6.61 Å². The van der Waals surface area contributed by atoms with Gasteiger partial charge in [-0.15, -0.1) is 0 Å². The number of aliphatic hydroxyl groups is 3. The van der Waals surface area contributed by atoms with E-state index in [1.54, 1.807) is 6.92 Å². The van der Waals surface area contributed by atoms with E-state index in [1.165, 1.54) is 31.3 Å². The summed E-state index contributed by atoms with van der Waals surface area (Å²) in [5.74, 6) is 3.42. The molecular weight excluding hydrogens is 508 g/mol. The number of ether oxygens (including phenoxy) is 4. The lowest BCUT2D eigenvalue weighted by molar-refractivity contribution is -0.305. The van der Waals surface area contributed by atoms with E-state index in [1.807, 2.05) is 0 Å². The molecule has 0 amide bonds. The number of hydrogen-bond acceptors (Lipinski definition) is 7. The van der Waals surface area contributed by atoms with Crippen LogP contribution in [0.2, 0.25) is 0 Å². The summed E-state index contributed by atoms with van der Waals surface area (Å²) in [5.41, 5.74) is 2.02. The van der Waals surface area contributed by atoms with Crippen molar-refractivity contribution < 1.29 is 34.3 Å². The molecule has 16 unspecified atom stereocenters. The standard InChI is InChI=1S/C33H52O7/c1-17-8-13-33(37-16-17)18(2)26-25(40-33)15-24-22-7-6-20-14-21(39-30-29(36)28(35)27(34)19(3)38-30)9-11-31(20,4)23(22)10-12-32(24,26)5/h6,17-19,21-30,34-36H,7-16H2,1-5H3. The molecule has 6 fully saturated rings. The normalized spacial score (nSPS) is 59.5. The predicted molar refractivity (Wildman–Crippen MR) is 149 cm³/mol. The summed E-state index contributed by atoms with van der Waals surface area (Å²) in [5, 5.41) is 30.8. The lowest BCUT2D eigenvalue weighted by Gasteiger charge is -2.58. The average molecular weight is 561 g/mol. The maximum absolute atomic E-state index is 10.5. The Balaban J connectivity index is 1.06. The Morgan fingerprint density at radius 2 is 1.73 bits per heavy atom. The van der Waals surface area contributed by atoms with Crippen LogP contribution in [0, 0.1) is 46.3 Å². The van der Waals surface area contributed by atoms with Crippen LogP contribution in [-0.4, -0.2) is 70.6 Å². The van der Waals surface area contributed by atoms with E-state index in [2.05, 4.69) is 33.8 Å². The van der Waals surface area contributed by atoms with Gasteiger partial charge in [-0.25, -0.2) is 0 Å². The molecule has 16 atom stereocenters. The first-order chi connectivity index (χ1) is 19.0. The predicted octanol–water partition coefficient (Wildman–Crippen LogP) is 4.57. The quantitative estimate of drug-likeness (QED) is 0.426. The van der Waals surface area contributed by atoms with Gasteiger partial charge in [-0.1, -0.05) is 39.3 Å². The molecule has 7 aliphatic rings. The summed E-state index contributed by atoms with van der Waals surface area (Å²) in [6.45, 7) is 12.4. The highest BCUT2D eigenvalue weighted by Crippen LogP contribution is 2.70. The first-order valence-electron chi connectivity index (χ1n) is 16.3. The molecule has 3 N–H and O–H groups in total. The van der Waals surface area contributed by atoms with Crippen molar-refractivity contribution in [3.8, 4) is 0 Å². The molecule has 40 heavy (non-hydrogen) atoms. The van der Waals surface area contributed by atoms with Gasteiger partial charge in [0, 0.05) is 12.3 Å². The molecule has 226 valence electrons. The van der Waals surface area contributed by atoms with E-state index in [4.69, 9.17) is 18.9 Å². The second-order valence-electron chi connectivity index (χ2n) is 15.5. The number of aliphatic hydroxyl groups excluding tert-OH is 3. The van der Waals surface area contributed by atoms with Gasteiger partial charge >= 0.3 is 0 Å². The molecule has 0 bridgehead atoms. The van der Waals surface area contributed by atoms with Gasteiger partial charge in [0.05, 0.1) is 24.9 Å². The monoisotopic (exact) mass is 560 g/mol.